The standard InChI is InChI=1S/C33H45O7P/c1-10-22-25(13-4)31(19-16-28(22)35-7)38-41(34,39-32-20-17-29(36-8)23(11-2)26(32)14-5)40-33-21-18-30(37-9)24(12-3)27(33)15-6/h16-21H,10-15H2,1-9H3. The van der Waals surface area contributed by atoms with Gasteiger partial charge in [-0.2, -0.15) is 4.57 Å². The minimum atomic E-state index is -4.29. The Morgan fingerprint density at radius 3 is 0.805 bits per heavy atom. The van der Waals surface area contributed by atoms with Gasteiger partial charge in [0, 0.05) is 33.4 Å². The first kappa shape index (κ1) is 32.2. The molecule has 0 aliphatic heterocycles. The zero-order chi connectivity index (χ0) is 30.2. The van der Waals surface area contributed by atoms with Crippen LogP contribution in [-0.4, -0.2) is 21.3 Å². The Morgan fingerprint density at radius 2 is 0.610 bits per heavy atom. The van der Waals surface area contributed by atoms with E-state index in [-0.39, 0.29) is 0 Å². The molecular formula is C33H45O7P. The molecule has 3 rings (SSSR count). The van der Waals surface area contributed by atoms with Gasteiger partial charge in [-0.3, -0.25) is 0 Å². The molecule has 0 aliphatic carbocycles. The van der Waals surface area contributed by atoms with Crippen LogP contribution < -0.4 is 27.8 Å². The fraction of sp³-hybridized carbons (Fsp3) is 0.455. The average Bonchev–Trinajstić information content (AvgIpc) is 2.99. The Labute approximate surface area is 245 Å². The molecule has 0 saturated heterocycles. The highest BCUT2D eigenvalue weighted by Gasteiger charge is 2.37. The summed E-state index contributed by atoms with van der Waals surface area (Å²) in [4.78, 5) is 0. The molecule has 0 atom stereocenters. The van der Waals surface area contributed by atoms with E-state index in [2.05, 4.69) is 20.8 Å². The van der Waals surface area contributed by atoms with E-state index in [1.165, 1.54) is 0 Å². The molecule has 0 fully saturated rings. The van der Waals surface area contributed by atoms with Gasteiger partial charge in [-0.15, -0.1) is 0 Å². The van der Waals surface area contributed by atoms with Crippen LogP contribution in [0.5, 0.6) is 34.5 Å². The van der Waals surface area contributed by atoms with Gasteiger partial charge in [0.2, 0.25) is 0 Å². The molecule has 3 aromatic rings. The number of hydrogen-bond acceptors (Lipinski definition) is 7. The minimum absolute atomic E-state index is 0.443. The predicted molar refractivity (Wildman–Crippen MR) is 165 cm³/mol. The maximum absolute atomic E-state index is 14.8. The van der Waals surface area contributed by atoms with E-state index in [4.69, 9.17) is 27.8 Å². The minimum Gasteiger partial charge on any atom is -0.496 e. The summed E-state index contributed by atoms with van der Waals surface area (Å²) in [6.45, 7) is 12.3. The molecule has 0 saturated carbocycles. The first-order valence-corrected chi connectivity index (χ1v) is 16.0. The molecule has 0 heterocycles. The second kappa shape index (κ2) is 14.5. The summed E-state index contributed by atoms with van der Waals surface area (Å²) in [6.07, 6.45) is 4.15. The summed E-state index contributed by atoms with van der Waals surface area (Å²) < 4.78 is 50.6. The van der Waals surface area contributed by atoms with Gasteiger partial charge in [-0.25, -0.2) is 0 Å². The second-order valence-electron chi connectivity index (χ2n) is 9.51. The molecule has 0 aromatic heterocycles. The number of ether oxygens (including phenoxy) is 3. The quantitative estimate of drug-likeness (QED) is 0.165. The highest BCUT2D eigenvalue weighted by molar-refractivity contribution is 7.49. The molecular weight excluding hydrogens is 539 g/mol. The third kappa shape index (κ3) is 6.78. The Balaban J connectivity index is 2.22. The third-order valence-corrected chi connectivity index (χ3v) is 8.71. The molecule has 0 unspecified atom stereocenters. The van der Waals surface area contributed by atoms with Gasteiger partial charge in [0.25, 0.3) is 0 Å². The van der Waals surface area contributed by atoms with Crippen LogP contribution in [0.3, 0.4) is 0 Å². The van der Waals surface area contributed by atoms with Crippen molar-refractivity contribution >= 4 is 7.82 Å². The summed E-state index contributed by atoms with van der Waals surface area (Å²) in [5.41, 5.74) is 5.70. The molecule has 0 amide bonds. The van der Waals surface area contributed by atoms with Crippen LogP contribution in [0.4, 0.5) is 0 Å². The Hall–Kier alpha value is -3.31. The van der Waals surface area contributed by atoms with E-state index in [0.29, 0.717) is 36.5 Å². The lowest BCUT2D eigenvalue weighted by Gasteiger charge is -2.25. The Bertz CT molecular complexity index is 1220. The van der Waals surface area contributed by atoms with Crippen LogP contribution in [0.15, 0.2) is 36.4 Å². The fourth-order valence-electron chi connectivity index (χ4n) is 5.52. The van der Waals surface area contributed by atoms with Crippen molar-refractivity contribution in [2.75, 3.05) is 21.3 Å². The van der Waals surface area contributed by atoms with Crippen LogP contribution in [-0.2, 0) is 43.1 Å². The predicted octanol–water partition coefficient (Wildman–Crippen LogP) is 8.73. The lowest BCUT2D eigenvalue weighted by molar-refractivity contribution is 0.294. The summed E-state index contributed by atoms with van der Waals surface area (Å²) in [5.74, 6) is 3.62. The van der Waals surface area contributed by atoms with Gasteiger partial charge in [0.05, 0.1) is 21.3 Å². The first-order chi connectivity index (χ1) is 19.8. The number of rotatable bonds is 15. The zero-order valence-electron chi connectivity index (χ0n) is 26.0. The second-order valence-corrected chi connectivity index (χ2v) is 11.0. The van der Waals surface area contributed by atoms with Crippen LogP contribution in [0.25, 0.3) is 0 Å². The molecule has 7 nitrogen and oxygen atoms in total. The average molecular weight is 585 g/mol. The highest BCUT2D eigenvalue weighted by Crippen LogP contribution is 2.53. The summed E-state index contributed by atoms with van der Waals surface area (Å²) in [6, 6.07) is 10.8. The molecule has 8 heteroatoms. The largest absolute Gasteiger partial charge is 0.647 e. The third-order valence-electron chi connectivity index (χ3n) is 7.45. The molecule has 0 bridgehead atoms. The molecule has 3 aromatic carbocycles. The summed E-state index contributed by atoms with van der Waals surface area (Å²) in [7, 11) is 0.651. The van der Waals surface area contributed by atoms with E-state index in [0.717, 1.165) is 69.9 Å². The molecule has 0 radical (unpaired) electrons. The van der Waals surface area contributed by atoms with Gasteiger partial charge < -0.3 is 27.8 Å². The van der Waals surface area contributed by atoms with Gasteiger partial charge in [-0.1, -0.05) is 41.5 Å². The van der Waals surface area contributed by atoms with Crippen LogP contribution in [0.1, 0.15) is 74.9 Å². The van der Waals surface area contributed by atoms with Gasteiger partial charge in [0.15, 0.2) is 0 Å². The van der Waals surface area contributed by atoms with Crippen molar-refractivity contribution in [3.8, 4) is 34.5 Å². The van der Waals surface area contributed by atoms with Crippen LogP contribution in [0.2, 0.25) is 0 Å². The number of phosphoric acid groups is 1. The van der Waals surface area contributed by atoms with Crippen molar-refractivity contribution in [3.63, 3.8) is 0 Å². The molecule has 41 heavy (non-hydrogen) atoms. The lowest BCUT2D eigenvalue weighted by atomic mass is 10.0. The maximum Gasteiger partial charge on any atom is 0.647 e. The molecule has 224 valence electrons. The molecule has 0 spiro atoms. The molecule has 0 aliphatic rings. The van der Waals surface area contributed by atoms with E-state index in [1.54, 1.807) is 39.5 Å². The van der Waals surface area contributed by atoms with E-state index >= 15 is 0 Å². The summed E-state index contributed by atoms with van der Waals surface area (Å²) >= 11 is 0. The normalized spacial score (nSPS) is 11.2. The van der Waals surface area contributed by atoms with Gasteiger partial charge in [0.1, 0.15) is 34.5 Å². The van der Waals surface area contributed by atoms with E-state index in [1.807, 2.05) is 39.0 Å². The van der Waals surface area contributed by atoms with Crippen molar-refractivity contribution < 1.29 is 32.3 Å². The first-order valence-electron chi connectivity index (χ1n) is 14.5. The van der Waals surface area contributed by atoms with Crippen molar-refractivity contribution in [3.05, 3.63) is 69.8 Å². The smallest absolute Gasteiger partial charge is 0.496 e. The summed E-state index contributed by atoms with van der Waals surface area (Å²) in [5, 5.41) is 0. The highest BCUT2D eigenvalue weighted by atomic mass is 31.2. The van der Waals surface area contributed by atoms with Crippen molar-refractivity contribution in [2.45, 2.75) is 80.1 Å². The van der Waals surface area contributed by atoms with Gasteiger partial charge >= 0.3 is 7.82 Å². The maximum atomic E-state index is 14.8. The number of hydrogen-bond donors (Lipinski definition) is 0. The Kier molecular flexibility index (Phi) is 11.4. The van der Waals surface area contributed by atoms with Crippen molar-refractivity contribution in [1.82, 2.24) is 0 Å². The van der Waals surface area contributed by atoms with Gasteiger partial charge in [-0.05, 0) is 74.9 Å². The monoisotopic (exact) mass is 584 g/mol. The number of methoxy groups -OCH3 is 3. The zero-order valence-corrected chi connectivity index (χ0v) is 26.9. The molecule has 0 N–H and O–H groups in total. The van der Waals surface area contributed by atoms with Crippen LogP contribution in [0, 0.1) is 0 Å². The van der Waals surface area contributed by atoms with Crippen molar-refractivity contribution in [2.24, 2.45) is 0 Å². The lowest BCUT2D eigenvalue weighted by Crippen LogP contribution is -2.12. The van der Waals surface area contributed by atoms with E-state index < -0.39 is 7.82 Å². The fourth-order valence-corrected chi connectivity index (χ4v) is 6.87. The Morgan fingerprint density at radius 1 is 0.415 bits per heavy atom. The van der Waals surface area contributed by atoms with Crippen molar-refractivity contribution in [1.29, 1.82) is 0 Å². The number of phosphoric ester groups is 1. The van der Waals surface area contributed by atoms with E-state index in [9.17, 15) is 4.57 Å². The number of benzene rings is 3. The topological polar surface area (TPSA) is 72.5 Å². The van der Waals surface area contributed by atoms with Crippen LogP contribution >= 0.6 is 7.82 Å². The SMILES string of the molecule is CCc1c(OC)ccc(OP(=O)(Oc2ccc(OC)c(CC)c2CC)Oc2ccc(OC)c(CC)c2CC)c1CC.